The van der Waals surface area contributed by atoms with E-state index in [0.717, 1.165) is 0 Å². The van der Waals surface area contributed by atoms with Gasteiger partial charge in [-0.2, -0.15) is 0 Å². The molecule has 0 aliphatic rings. The van der Waals surface area contributed by atoms with E-state index >= 15 is 0 Å². The number of hydrogen-bond donors (Lipinski definition) is 1. The van der Waals surface area contributed by atoms with Crippen LogP contribution < -0.4 is 10.9 Å². The smallest absolute Gasteiger partial charge is 0.263 e. The van der Waals surface area contributed by atoms with Gasteiger partial charge < -0.3 is 5.32 Å². The Morgan fingerprint density at radius 3 is 2.84 bits per heavy atom. The molecule has 0 saturated carbocycles. The molecular formula is C21H17ClFN5O2S. The van der Waals surface area contributed by atoms with E-state index in [1.165, 1.54) is 34.5 Å². The molecule has 2 aromatic carbocycles. The van der Waals surface area contributed by atoms with E-state index in [4.69, 9.17) is 11.6 Å². The average molecular weight is 458 g/mol. The number of rotatable bonds is 6. The van der Waals surface area contributed by atoms with Crippen molar-refractivity contribution in [2.45, 2.75) is 23.9 Å². The number of para-hydroxylation sites is 1. The predicted octanol–water partition coefficient (Wildman–Crippen LogP) is 4.14. The molecule has 158 valence electrons. The Balaban J connectivity index is 1.70. The molecular weight excluding hydrogens is 441 g/mol. The van der Waals surface area contributed by atoms with Gasteiger partial charge in [-0.25, -0.2) is 4.39 Å². The van der Waals surface area contributed by atoms with Gasteiger partial charge in [-0.05, 0) is 37.3 Å². The van der Waals surface area contributed by atoms with Crippen LogP contribution in [0.5, 0.6) is 0 Å². The number of thioether (sulfide) groups is 1. The molecule has 0 spiro atoms. The molecule has 7 nitrogen and oxygen atoms in total. The highest BCUT2D eigenvalue weighted by Crippen LogP contribution is 2.26. The second-order valence-electron chi connectivity index (χ2n) is 6.72. The third-order valence-corrected chi connectivity index (χ3v) is 5.96. The third kappa shape index (κ3) is 3.94. The molecule has 0 fully saturated rings. The van der Waals surface area contributed by atoms with Crippen molar-refractivity contribution in [3.63, 3.8) is 0 Å². The first kappa shape index (κ1) is 21.1. The van der Waals surface area contributed by atoms with E-state index in [-0.39, 0.29) is 23.0 Å². The van der Waals surface area contributed by atoms with Crippen LogP contribution in [0, 0.1) is 5.82 Å². The molecule has 4 aromatic rings. The first-order valence-electron chi connectivity index (χ1n) is 9.31. The van der Waals surface area contributed by atoms with Crippen molar-refractivity contribution < 1.29 is 9.18 Å². The minimum atomic E-state index is -0.561. The first-order chi connectivity index (χ1) is 14.9. The van der Waals surface area contributed by atoms with E-state index in [1.807, 2.05) is 6.07 Å². The van der Waals surface area contributed by atoms with Crippen molar-refractivity contribution in [1.29, 1.82) is 0 Å². The second kappa shape index (κ2) is 8.52. The fraction of sp³-hybridized carbons (Fsp3) is 0.143. The van der Waals surface area contributed by atoms with E-state index in [0.29, 0.717) is 27.5 Å². The van der Waals surface area contributed by atoms with Gasteiger partial charge >= 0.3 is 0 Å². The van der Waals surface area contributed by atoms with Crippen LogP contribution in [0.25, 0.3) is 16.7 Å². The largest absolute Gasteiger partial charge is 0.325 e. The summed E-state index contributed by atoms with van der Waals surface area (Å²) in [7, 11) is 0. The van der Waals surface area contributed by atoms with Gasteiger partial charge in [-0.3, -0.25) is 18.6 Å². The van der Waals surface area contributed by atoms with Gasteiger partial charge in [-0.1, -0.05) is 41.6 Å². The highest BCUT2D eigenvalue weighted by atomic mass is 35.5. The van der Waals surface area contributed by atoms with Crippen molar-refractivity contribution in [2.75, 3.05) is 5.32 Å². The van der Waals surface area contributed by atoms with Gasteiger partial charge in [0.15, 0.2) is 5.16 Å². The minimum absolute atomic E-state index is 0.0757. The van der Waals surface area contributed by atoms with Crippen molar-refractivity contribution in [2.24, 2.45) is 0 Å². The summed E-state index contributed by atoms with van der Waals surface area (Å²) >= 11 is 6.97. The summed E-state index contributed by atoms with van der Waals surface area (Å²) in [6.07, 6.45) is 1.61. The molecule has 1 amide bonds. The van der Waals surface area contributed by atoms with Crippen LogP contribution in [0.2, 0.25) is 5.02 Å². The van der Waals surface area contributed by atoms with E-state index < -0.39 is 11.1 Å². The lowest BCUT2D eigenvalue weighted by atomic mass is 10.2. The topological polar surface area (TPSA) is 81.3 Å². The summed E-state index contributed by atoms with van der Waals surface area (Å²) in [4.78, 5) is 25.5. The molecule has 4 rings (SSSR count). The fourth-order valence-corrected chi connectivity index (χ4v) is 4.17. The average Bonchev–Trinajstić information content (AvgIpc) is 3.17. The number of fused-ring (bicyclic) bond motifs is 3. The number of hydrogen-bond acceptors (Lipinski definition) is 5. The van der Waals surface area contributed by atoms with Crippen molar-refractivity contribution in [3.05, 3.63) is 76.3 Å². The maximum atomic E-state index is 13.3. The van der Waals surface area contributed by atoms with Crippen LogP contribution in [0.3, 0.4) is 0 Å². The van der Waals surface area contributed by atoms with Gasteiger partial charge in [0.2, 0.25) is 11.7 Å². The summed E-state index contributed by atoms with van der Waals surface area (Å²) < 4.78 is 16.6. The molecule has 0 aliphatic carbocycles. The van der Waals surface area contributed by atoms with E-state index in [1.54, 1.807) is 35.6 Å². The zero-order valence-corrected chi connectivity index (χ0v) is 18.0. The highest BCUT2D eigenvalue weighted by molar-refractivity contribution is 8.00. The van der Waals surface area contributed by atoms with Crippen molar-refractivity contribution >= 4 is 51.6 Å². The molecule has 2 aromatic heterocycles. The predicted molar refractivity (Wildman–Crippen MR) is 120 cm³/mol. The third-order valence-electron chi connectivity index (χ3n) is 4.63. The highest BCUT2D eigenvalue weighted by Gasteiger charge is 2.21. The maximum Gasteiger partial charge on any atom is 0.263 e. The van der Waals surface area contributed by atoms with Gasteiger partial charge in [0, 0.05) is 12.2 Å². The Hall–Kier alpha value is -3.17. The second-order valence-corrected chi connectivity index (χ2v) is 8.43. The fourth-order valence-electron chi connectivity index (χ4n) is 3.13. The molecule has 1 unspecified atom stereocenters. The molecule has 2 heterocycles. The number of amides is 1. The van der Waals surface area contributed by atoms with Gasteiger partial charge in [0.25, 0.3) is 5.56 Å². The number of aromatic nitrogens is 4. The van der Waals surface area contributed by atoms with Crippen LogP contribution >= 0.6 is 23.4 Å². The Kier molecular flexibility index (Phi) is 5.79. The Bertz CT molecular complexity index is 1380. The Labute approximate surface area is 185 Å². The van der Waals surface area contributed by atoms with Crippen LogP contribution in [0.15, 0.2) is 65.1 Å². The van der Waals surface area contributed by atoms with Gasteiger partial charge in [-0.15, -0.1) is 16.8 Å². The molecule has 1 atom stereocenters. The zero-order valence-electron chi connectivity index (χ0n) is 16.4. The van der Waals surface area contributed by atoms with E-state index in [9.17, 15) is 14.0 Å². The lowest BCUT2D eigenvalue weighted by Gasteiger charge is -2.13. The number of benzene rings is 2. The van der Waals surface area contributed by atoms with Crippen LogP contribution in [-0.2, 0) is 11.3 Å². The quantitative estimate of drug-likeness (QED) is 0.347. The van der Waals surface area contributed by atoms with Crippen molar-refractivity contribution in [1.82, 2.24) is 19.2 Å². The van der Waals surface area contributed by atoms with Gasteiger partial charge in [0.1, 0.15) is 5.82 Å². The summed E-state index contributed by atoms with van der Waals surface area (Å²) in [6, 6.07) is 11.1. The first-order valence-corrected chi connectivity index (χ1v) is 10.6. The molecule has 10 heteroatoms. The number of anilines is 1. The number of nitrogens with zero attached hydrogens (tertiary/aromatic N) is 4. The normalized spacial score (nSPS) is 12.2. The standard InChI is InChI=1S/C21H17ClFN5O2S/c1-3-10-27-19(30)14-6-4-5-7-17(14)28-20(27)25-26-21(28)31-12(2)18(29)24-13-8-9-16(23)15(22)11-13/h3-9,11-12H,1,10H2,2H3,(H,24,29). The number of halogens is 2. The lowest BCUT2D eigenvalue weighted by molar-refractivity contribution is -0.115. The monoisotopic (exact) mass is 457 g/mol. The maximum absolute atomic E-state index is 13.3. The van der Waals surface area contributed by atoms with Crippen LogP contribution in [0.1, 0.15) is 6.92 Å². The van der Waals surface area contributed by atoms with Crippen LogP contribution in [0.4, 0.5) is 10.1 Å². The summed E-state index contributed by atoms with van der Waals surface area (Å²) in [5.41, 5.74) is 0.847. The van der Waals surface area contributed by atoms with Crippen molar-refractivity contribution in [3.8, 4) is 0 Å². The molecule has 0 radical (unpaired) electrons. The molecule has 0 saturated heterocycles. The summed E-state index contributed by atoms with van der Waals surface area (Å²) in [6.45, 7) is 5.70. The molecule has 0 bridgehead atoms. The minimum Gasteiger partial charge on any atom is -0.325 e. The molecule has 1 N–H and O–H groups in total. The summed E-state index contributed by atoms with van der Waals surface area (Å²) in [5, 5.41) is 11.4. The Morgan fingerprint density at radius 2 is 2.10 bits per heavy atom. The SMILES string of the molecule is C=CCn1c(=O)c2ccccc2n2c(SC(C)C(=O)Nc3ccc(F)c(Cl)c3)nnc12. The van der Waals surface area contributed by atoms with Gasteiger partial charge in [0.05, 0.1) is 21.2 Å². The Morgan fingerprint density at radius 1 is 1.32 bits per heavy atom. The molecule has 31 heavy (non-hydrogen) atoms. The summed E-state index contributed by atoms with van der Waals surface area (Å²) in [5.74, 6) is -0.508. The zero-order chi connectivity index (χ0) is 22.1. The van der Waals surface area contributed by atoms with E-state index in [2.05, 4.69) is 22.1 Å². The molecule has 0 aliphatic heterocycles. The number of nitrogens with one attached hydrogen (secondary N) is 1. The number of carbonyl (C=O) groups excluding carboxylic acids is 1. The number of allylic oxidation sites excluding steroid dienone is 1. The van der Waals surface area contributed by atoms with Crippen LogP contribution in [-0.4, -0.2) is 30.3 Å². The lowest BCUT2D eigenvalue weighted by Crippen LogP contribution is -2.24. The number of carbonyl (C=O) groups is 1.